The van der Waals surface area contributed by atoms with Crippen LogP contribution in [0.2, 0.25) is 0 Å². The van der Waals surface area contributed by atoms with E-state index in [9.17, 15) is 28.5 Å². The van der Waals surface area contributed by atoms with E-state index in [-0.39, 0.29) is 19.6 Å². The highest BCUT2D eigenvalue weighted by Gasteiger charge is 2.48. The van der Waals surface area contributed by atoms with Gasteiger partial charge in [0, 0.05) is 13.0 Å². The first kappa shape index (κ1) is 46.9. The predicted octanol–water partition coefficient (Wildman–Crippen LogP) is 6.74. The summed E-state index contributed by atoms with van der Waals surface area (Å²) in [5.41, 5.74) is 0. The topological polar surface area (TPSA) is 178 Å². The third-order valence-corrected chi connectivity index (χ3v) is 9.35. The molecule has 0 saturated carbocycles. The van der Waals surface area contributed by atoms with Crippen LogP contribution in [0.3, 0.4) is 0 Å². The Morgan fingerprint density at radius 3 is 1.80 bits per heavy atom. The van der Waals surface area contributed by atoms with E-state index in [1.165, 1.54) is 83.5 Å². The Balaban J connectivity index is 2.37. The molecule has 6 unspecified atom stereocenters. The van der Waals surface area contributed by atoms with Crippen molar-refractivity contribution in [3.63, 3.8) is 0 Å². The lowest BCUT2D eigenvalue weighted by atomic mass is 9.99. The Bertz CT molecular complexity index is 947. The number of aliphatic hydroxyl groups is 3. The zero-order chi connectivity index (χ0) is 36.9. The van der Waals surface area contributed by atoms with Crippen molar-refractivity contribution in [1.82, 2.24) is 0 Å². The summed E-state index contributed by atoms with van der Waals surface area (Å²) in [4.78, 5) is 12.6. The highest BCUT2D eigenvalue weighted by atomic mass is 32.3. The molecule has 0 amide bonds. The quantitative estimate of drug-likeness (QED) is 0.0242. The van der Waals surface area contributed by atoms with Crippen molar-refractivity contribution >= 4 is 16.4 Å². The summed E-state index contributed by atoms with van der Waals surface area (Å²) in [7, 11) is -5.05. The summed E-state index contributed by atoms with van der Waals surface area (Å²) in [6, 6.07) is 0. The number of unbranched alkanes of at least 4 members (excludes halogenated alkanes) is 18. The summed E-state index contributed by atoms with van der Waals surface area (Å²) in [6.45, 7) is 3.87. The van der Waals surface area contributed by atoms with Crippen LogP contribution in [0.5, 0.6) is 0 Å². The number of esters is 1. The molecule has 1 fully saturated rings. The number of aliphatic hydroxyl groups excluding tert-OH is 3. The molecule has 0 aromatic carbocycles. The standard InChI is InChI=1S/C37H70O12S/c1-3-5-7-9-10-11-12-13-14-15-16-17-18-19-20-21-23-25-27-45-29-31(47-33(39)26-24-22-8-6-4-2)30-46-37-35(41)36(49-50(42,43)44)34(40)32(28-38)48-37/h13-14,31-32,34-38,40-41H,3-12,15-30H2,1-2H3,(H,42,43,44)/b14-13-. The van der Waals surface area contributed by atoms with E-state index in [0.717, 1.165) is 44.9 Å². The van der Waals surface area contributed by atoms with E-state index in [2.05, 4.69) is 30.2 Å². The summed E-state index contributed by atoms with van der Waals surface area (Å²) >= 11 is 0. The highest BCUT2D eigenvalue weighted by molar-refractivity contribution is 7.80. The molecule has 13 heteroatoms. The molecule has 1 aliphatic heterocycles. The van der Waals surface area contributed by atoms with Crippen molar-refractivity contribution in [2.24, 2.45) is 0 Å². The van der Waals surface area contributed by atoms with Gasteiger partial charge in [0.05, 0.1) is 19.8 Å². The van der Waals surface area contributed by atoms with Crippen molar-refractivity contribution in [3.05, 3.63) is 12.2 Å². The second-order valence-corrected chi connectivity index (χ2v) is 14.6. The zero-order valence-corrected chi connectivity index (χ0v) is 31.8. The normalized spacial score (nSPS) is 21.9. The van der Waals surface area contributed by atoms with Crippen molar-refractivity contribution in [2.75, 3.05) is 26.4 Å². The minimum atomic E-state index is -5.05. The molecule has 0 aromatic rings. The van der Waals surface area contributed by atoms with Crippen LogP contribution < -0.4 is 0 Å². The number of carbonyl (C=O) groups excluding carboxylic acids is 1. The van der Waals surface area contributed by atoms with E-state index in [1.54, 1.807) is 0 Å². The summed E-state index contributed by atoms with van der Waals surface area (Å²) in [6.07, 6.45) is 20.2. The molecule has 50 heavy (non-hydrogen) atoms. The molecule has 6 atom stereocenters. The lowest BCUT2D eigenvalue weighted by Crippen LogP contribution is -2.60. The monoisotopic (exact) mass is 738 g/mol. The minimum Gasteiger partial charge on any atom is -0.457 e. The van der Waals surface area contributed by atoms with Gasteiger partial charge in [0.2, 0.25) is 0 Å². The van der Waals surface area contributed by atoms with E-state index in [4.69, 9.17) is 23.5 Å². The first-order chi connectivity index (χ1) is 24.1. The minimum absolute atomic E-state index is 0.0365. The molecule has 296 valence electrons. The number of rotatable bonds is 33. The van der Waals surface area contributed by atoms with Gasteiger partial charge < -0.3 is 34.3 Å². The fourth-order valence-corrected chi connectivity index (χ4v) is 6.41. The number of allylic oxidation sites excluding steroid dienone is 2. The second-order valence-electron chi connectivity index (χ2n) is 13.5. The third-order valence-electron chi connectivity index (χ3n) is 8.89. The number of carbonyl (C=O) groups is 1. The van der Waals surface area contributed by atoms with Gasteiger partial charge in [-0.2, -0.15) is 8.42 Å². The average Bonchev–Trinajstić information content (AvgIpc) is 3.08. The summed E-state index contributed by atoms with van der Waals surface area (Å²) in [5, 5.41) is 30.4. The fourth-order valence-electron chi connectivity index (χ4n) is 5.90. The Hall–Kier alpha value is -1.16. The number of hydrogen-bond donors (Lipinski definition) is 4. The van der Waals surface area contributed by atoms with E-state index in [1.807, 2.05) is 0 Å². The molecular formula is C37H70O12S. The van der Waals surface area contributed by atoms with Gasteiger partial charge in [-0.25, -0.2) is 4.18 Å². The molecule has 1 aliphatic rings. The number of ether oxygens (including phenoxy) is 4. The molecule has 0 spiro atoms. The first-order valence-corrected chi connectivity index (χ1v) is 20.8. The highest BCUT2D eigenvalue weighted by Crippen LogP contribution is 2.26. The average molecular weight is 739 g/mol. The van der Waals surface area contributed by atoms with Gasteiger partial charge in [-0.05, 0) is 38.5 Å². The summed E-state index contributed by atoms with van der Waals surface area (Å²) < 4.78 is 58.5. The van der Waals surface area contributed by atoms with Crippen LogP contribution in [-0.4, -0.2) is 97.5 Å². The van der Waals surface area contributed by atoms with Crippen LogP contribution in [0.25, 0.3) is 0 Å². The smallest absolute Gasteiger partial charge is 0.397 e. The SMILES string of the molecule is CCCCCCCC/C=C\CCCCCCCCCCOCC(COC1OC(CO)C(O)C(OS(=O)(=O)O)C1O)OC(=O)CCCCCCC. The lowest BCUT2D eigenvalue weighted by Gasteiger charge is -2.41. The Morgan fingerprint density at radius 1 is 0.740 bits per heavy atom. The van der Waals surface area contributed by atoms with E-state index >= 15 is 0 Å². The summed E-state index contributed by atoms with van der Waals surface area (Å²) in [5.74, 6) is -0.413. The van der Waals surface area contributed by atoms with Gasteiger partial charge in [-0.1, -0.05) is 122 Å². The fraction of sp³-hybridized carbons (Fsp3) is 0.919. The Labute approximate surface area is 302 Å². The zero-order valence-electron chi connectivity index (χ0n) is 31.0. The second kappa shape index (κ2) is 30.3. The molecule has 0 aromatic heterocycles. The molecule has 12 nitrogen and oxygen atoms in total. The third kappa shape index (κ3) is 24.2. The molecule has 0 bridgehead atoms. The van der Waals surface area contributed by atoms with Crippen LogP contribution in [-0.2, 0) is 38.3 Å². The maximum Gasteiger partial charge on any atom is 0.397 e. The van der Waals surface area contributed by atoms with Gasteiger partial charge in [-0.3, -0.25) is 9.35 Å². The van der Waals surface area contributed by atoms with Crippen molar-refractivity contribution in [3.8, 4) is 0 Å². The largest absolute Gasteiger partial charge is 0.457 e. The molecule has 1 heterocycles. The first-order valence-electron chi connectivity index (χ1n) is 19.4. The molecular weight excluding hydrogens is 668 g/mol. The van der Waals surface area contributed by atoms with Gasteiger partial charge >= 0.3 is 16.4 Å². The van der Waals surface area contributed by atoms with Gasteiger partial charge in [0.25, 0.3) is 0 Å². The van der Waals surface area contributed by atoms with E-state index < -0.39 is 59.8 Å². The Morgan fingerprint density at radius 2 is 1.26 bits per heavy atom. The molecule has 4 N–H and O–H groups in total. The van der Waals surface area contributed by atoms with Crippen LogP contribution in [0, 0.1) is 0 Å². The van der Waals surface area contributed by atoms with Crippen molar-refractivity contribution in [2.45, 2.75) is 192 Å². The van der Waals surface area contributed by atoms with Gasteiger partial charge in [0.1, 0.15) is 30.5 Å². The molecule has 1 saturated heterocycles. The van der Waals surface area contributed by atoms with Gasteiger partial charge in [0.15, 0.2) is 6.29 Å². The van der Waals surface area contributed by atoms with Crippen LogP contribution in [0.1, 0.15) is 155 Å². The van der Waals surface area contributed by atoms with Crippen LogP contribution >= 0.6 is 0 Å². The van der Waals surface area contributed by atoms with Gasteiger partial charge in [-0.15, -0.1) is 0 Å². The molecule has 0 aliphatic carbocycles. The van der Waals surface area contributed by atoms with Crippen molar-refractivity contribution < 1.29 is 56.2 Å². The van der Waals surface area contributed by atoms with Crippen molar-refractivity contribution in [1.29, 1.82) is 0 Å². The molecule has 0 radical (unpaired) electrons. The Kier molecular flexibility index (Phi) is 28.4. The van der Waals surface area contributed by atoms with Crippen LogP contribution in [0.15, 0.2) is 12.2 Å². The van der Waals surface area contributed by atoms with Crippen LogP contribution in [0.4, 0.5) is 0 Å². The van der Waals surface area contributed by atoms with E-state index in [0.29, 0.717) is 13.0 Å². The maximum atomic E-state index is 12.6. The predicted molar refractivity (Wildman–Crippen MR) is 193 cm³/mol. The number of hydrogen-bond acceptors (Lipinski definition) is 11. The lowest BCUT2D eigenvalue weighted by molar-refractivity contribution is -0.301. The maximum absolute atomic E-state index is 12.6. The molecule has 1 rings (SSSR count).